The Hall–Kier alpha value is -2.03. The first-order valence-corrected chi connectivity index (χ1v) is 7.68. The van der Waals surface area contributed by atoms with E-state index in [-0.39, 0.29) is 5.91 Å². The molecule has 1 aliphatic rings. The predicted molar refractivity (Wildman–Crippen MR) is 84.5 cm³/mol. The van der Waals surface area contributed by atoms with Crippen molar-refractivity contribution in [3.05, 3.63) is 42.5 Å². The van der Waals surface area contributed by atoms with Crippen LogP contribution in [0.3, 0.4) is 0 Å². The maximum absolute atomic E-state index is 12.4. The molecule has 0 unspecified atom stereocenters. The van der Waals surface area contributed by atoms with Crippen molar-refractivity contribution in [2.75, 3.05) is 13.1 Å². The van der Waals surface area contributed by atoms with E-state index in [2.05, 4.69) is 12.1 Å². The molecule has 3 heteroatoms. The number of piperidine rings is 1. The topological polar surface area (TPSA) is 29.5 Å². The second-order valence-corrected chi connectivity index (χ2v) is 5.65. The van der Waals surface area contributed by atoms with Crippen LogP contribution in [0.25, 0.3) is 10.8 Å². The van der Waals surface area contributed by atoms with Gasteiger partial charge in [0, 0.05) is 13.1 Å². The highest BCUT2D eigenvalue weighted by atomic mass is 16.5. The van der Waals surface area contributed by atoms with Crippen LogP contribution in [0, 0.1) is 0 Å². The van der Waals surface area contributed by atoms with Gasteiger partial charge < -0.3 is 9.64 Å². The molecule has 0 saturated carbocycles. The molecule has 21 heavy (non-hydrogen) atoms. The Labute approximate surface area is 125 Å². The summed E-state index contributed by atoms with van der Waals surface area (Å²) in [5, 5.41) is 2.31. The molecular formula is C18H21NO2. The Bertz CT molecular complexity index is 632. The van der Waals surface area contributed by atoms with Gasteiger partial charge in [0.1, 0.15) is 5.75 Å². The summed E-state index contributed by atoms with van der Waals surface area (Å²) in [6, 6.07) is 14.1. The van der Waals surface area contributed by atoms with Gasteiger partial charge in [0.05, 0.1) is 0 Å². The standard InChI is InChI=1S/C18H21NO2/c1-14(18(20)19-11-5-2-6-12-19)21-17-10-9-15-7-3-4-8-16(15)13-17/h3-4,7-10,13-14H,2,5-6,11-12H2,1H3/t14-/m0/s1. The number of nitrogens with zero attached hydrogens (tertiary/aromatic N) is 1. The number of fused-ring (bicyclic) bond motifs is 1. The summed E-state index contributed by atoms with van der Waals surface area (Å²) in [4.78, 5) is 14.3. The van der Waals surface area contributed by atoms with Crippen LogP contribution in [0.1, 0.15) is 26.2 Å². The molecule has 0 N–H and O–H groups in total. The van der Waals surface area contributed by atoms with Crippen LogP contribution in [0.15, 0.2) is 42.5 Å². The number of likely N-dealkylation sites (tertiary alicyclic amines) is 1. The number of hydrogen-bond acceptors (Lipinski definition) is 2. The third kappa shape index (κ3) is 3.18. The zero-order valence-electron chi connectivity index (χ0n) is 12.4. The molecule has 0 spiro atoms. The molecule has 0 aromatic heterocycles. The van der Waals surface area contributed by atoms with Gasteiger partial charge in [-0.15, -0.1) is 0 Å². The number of rotatable bonds is 3. The normalized spacial score (nSPS) is 16.7. The fourth-order valence-electron chi connectivity index (χ4n) is 2.87. The van der Waals surface area contributed by atoms with Crippen LogP contribution in [-0.4, -0.2) is 30.0 Å². The molecule has 3 rings (SSSR count). The number of hydrogen-bond donors (Lipinski definition) is 0. The van der Waals surface area contributed by atoms with E-state index < -0.39 is 6.10 Å². The molecular weight excluding hydrogens is 262 g/mol. The molecule has 1 saturated heterocycles. The average Bonchev–Trinajstić information content (AvgIpc) is 2.55. The van der Waals surface area contributed by atoms with Gasteiger partial charge in [-0.1, -0.05) is 30.3 Å². The lowest BCUT2D eigenvalue weighted by molar-refractivity contribution is -0.138. The van der Waals surface area contributed by atoms with Gasteiger partial charge in [-0.05, 0) is 49.1 Å². The molecule has 1 fully saturated rings. The number of carbonyl (C=O) groups excluding carboxylic acids is 1. The number of benzene rings is 2. The number of carbonyl (C=O) groups is 1. The second-order valence-electron chi connectivity index (χ2n) is 5.65. The minimum atomic E-state index is -0.427. The first-order valence-electron chi connectivity index (χ1n) is 7.68. The summed E-state index contributed by atoms with van der Waals surface area (Å²) in [5.74, 6) is 0.856. The molecule has 0 bridgehead atoms. The Kier molecular flexibility index (Phi) is 4.09. The number of amides is 1. The molecule has 1 aliphatic heterocycles. The average molecular weight is 283 g/mol. The first kappa shape index (κ1) is 13.9. The van der Waals surface area contributed by atoms with Crippen molar-refractivity contribution >= 4 is 16.7 Å². The molecule has 0 radical (unpaired) electrons. The Balaban J connectivity index is 1.70. The van der Waals surface area contributed by atoms with Crippen LogP contribution >= 0.6 is 0 Å². The summed E-state index contributed by atoms with van der Waals surface area (Å²) in [5.41, 5.74) is 0. The van der Waals surface area contributed by atoms with Gasteiger partial charge in [-0.25, -0.2) is 0 Å². The van der Waals surface area contributed by atoms with E-state index in [0.29, 0.717) is 0 Å². The van der Waals surface area contributed by atoms with Crippen molar-refractivity contribution in [3.63, 3.8) is 0 Å². The lowest BCUT2D eigenvalue weighted by atomic mass is 10.1. The summed E-state index contributed by atoms with van der Waals surface area (Å²) in [6.45, 7) is 3.57. The van der Waals surface area contributed by atoms with Crippen molar-refractivity contribution in [1.29, 1.82) is 0 Å². The maximum Gasteiger partial charge on any atom is 0.263 e. The van der Waals surface area contributed by atoms with Crippen molar-refractivity contribution < 1.29 is 9.53 Å². The molecule has 2 aromatic rings. The maximum atomic E-state index is 12.4. The van der Waals surface area contributed by atoms with E-state index in [9.17, 15) is 4.79 Å². The molecule has 2 aromatic carbocycles. The van der Waals surface area contributed by atoms with Gasteiger partial charge in [0.15, 0.2) is 6.10 Å². The first-order chi connectivity index (χ1) is 10.2. The van der Waals surface area contributed by atoms with Crippen LogP contribution in [0.4, 0.5) is 0 Å². The smallest absolute Gasteiger partial charge is 0.263 e. The number of ether oxygens (including phenoxy) is 1. The van der Waals surface area contributed by atoms with E-state index in [1.54, 1.807) is 0 Å². The third-order valence-corrected chi connectivity index (χ3v) is 4.05. The van der Waals surface area contributed by atoms with Gasteiger partial charge >= 0.3 is 0 Å². The third-order valence-electron chi connectivity index (χ3n) is 4.05. The van der Waals surface area contributed by atoms with E-state index in [1.807, 2.05) is 42.2 Å². The van der Waals surface area contributed by atoms with Crippen molar-refractivity contribution in [3.8, 4) is 5.75 Å². The molecule has 1 amide bonds. The minimum absolute atomic E-state index is 0.0999. The van der Waals surface area contributed by atoms with Crippen LogP contribution in [0.2, 0.25) is 0 Å². The van der Waals surface area contributed by atoms with E-state index in [1.165, 1.54) is 11.8 Å². The fraction of sp³-hybridized carbons (Fsp3) is 0.389. The van der Waals surface area contributed by atoms with Crippen LogP contribution < -0.4 is 4.74 Å². The lowest BCUT2D eigenvalue weighted by Crippen LogP contribution is -2.43. The van der Waals surface area contributed by atoms with Crippen molar-refractivity contribution in [2.45, 2.75) is 32.3 Å². The summed E-state index contributed by atoms with van der Waals surface area (Å²) < 4.78 is 5.85. The Morgan fingerprint density at radius 1 is 1.05 bits per heavy atom. The van der Waals surface area contributed by atoms with E-state index in [0.717, 1.165) is 37.1 Å². The molecule has 3 nitrogen and oxygen atoms in total. The van der Waals surface area contributed by atoms with Crippen LogP contribution in [0.5, 0.6) is 5.75 Å². The molecule has 0 aliphatic carbocycles. The van der Waals surface area contributed by atoms with Gasteiger partial charge in [-0.2, -0.15) is 0 Å². The SMILES string of the molecule is C[C@H](Oc1ccc2ccccc2c1)C(=O)N1CCCCC1. The monoisotopic (exact) mass is 283 g/mol. The highest BCUT2D eigenvalue weighted by molar-refractivity contribution is 5.84. The highest BCUT2D eigenvalue weighted by Crippen LogP contribution is 2.22. The van der Waals surface area contributed by atoms with Gasteiger partial charge in [-0.3, -0.25) is 4.79 Å². The quantitative estimate of drug-likeness (QED) is 0.861. The van der Waals surface area contributed by atoms with Crippen molar-refractivity contribution in [2.24, 2.45) is 0 Å². The van der Waals surface area contributed by atoms with Crippen LogP contribution in [-0.2, 0) is 4.79 Å². The predicted octanol–water partition coefficient (Wildman–Crippen LogP) is 3.62. The van der Waals surface area contributed by atoms with Crippen molar-refractivity contribution in [1.82, 2.24) is 4.90 Å². The Morgan fingerprint density at radius 3 is 2.52 bits per heavy atom. The second kappa shape index (κ2) is 6.17. The molecule has 1 atom stereocenters. The minimum Gasteiger partial charge on any atom is -0.481 e. The highest BCUT2D eigenvalue weighted by Gasteiger charge is 2.23. The van der Waals surface area contributed by atoms with E-state index >= 15 is 0 Å². The summed E-state index contributed by atoms with van der Waals surface area (Å²) >= 11 is 0. The van der Waals surface area contributed by atoms with E-state index in [4.69, 9.17) is 4.74 Å². The van der Waals surface area contributed by atoms with Gasteiger partial charge in [0.2, 0.25) is 0 Å². The lowest BCUT2D eigenvalue weighted by Gasteiger charge is -2.29. The fourth-order valence-corrected chi connectivity index (χ4v) is 2.87. The molecule has 1 heterocycles. The van der Waals surface area contributed by atoms with Gasteiger partial charge in [0.25, 0.3) is 5.91 Å². The zero-order valence-corrected chi connectivity index (χ0v) is 12.4. The molecule has 110 valence electrons. The summed E-state index contributed by atoms with van der Waals surface area (Å²) in [7, 11) is 0. The zero-order chi connectivity index (χ0) is 14.7. The summed E-state index contributed by atoms with van der Waals surface area (Å²) in [6.07, 6.45) is 3.01. The Morgan fingerprint density at radius 2 is 1.76 bits per heavy atom. The largest absolute Gasteiger partial charge is 0.481 e.